The van der Waals surface area contributed by atoms with Crippen molar-refractivity contribution >= 4 is 33.9 Å². The number of hydrogen-bond acceptors (Lipinski definition) is 1. The van der Waals surface area contributed by atoms with Crippen molar-refractivity contribution < 1.29 is 4.79 Å². The quantitative estimate of drug-likeness (QED) is 0.706. The van der Waals surface area contributed by atoms with Gasteiger partial charge in [-0.3, -0.25) is 4.79 Å². The Balaban J connectivity index is 2.18. The number of hydrogen-bond donors (Lipinski definition) is 0. The van der Waals surface area contributed by atoms with Gasteiger partial charge in [0.1, 0.15) is 0 Å². The molecular weight excluding hydrogens is 288 g/mol. The summed E-state index contributed by atoms with van der Waals surface area (Å²) in [4.78, 5) is 12.3. The molecule has 0 heterocycles. The molecule has 0 aromatic heterocycles. The van der Waals surface area contributed by atoms with E-state index in [1.165, 1.54) is 0 Å². The first-order valence-electron chi connectivity index (χ1n) is 5.83. The van der Waals surface area contributed by atoms with Gasteiger partial charge in [-0.15, -0.1) is 0 Å². The molecule has 0 amide bonds. The van der Waals surface area contributed by atoms with Crippen LogP contribution in [0.15, 0.2) is 46.9 Å². The minimum atomic E-state index is 0.175. The van der Waals surface area contributed by atoms with Gasteiger partial charge in [-0.05, 0) is 28.8 Å². The second-order valence-electron chi connectivity index (χ2n) is 4.36. The van der Waals surface area contributed by atoms with Crippen LogP contribution in [-0.2, 0) is 6.42 Å². The molecule has 0 saturated carbocycles. The molecule has 1 nitrogen and oxygen atoms in total. The number of Topliss-reactive ketones (excluding diaryl/α,β-unsaturated/α-hetero) is 1. The second-order valence-corrected chi connectivity index (χ2v) is 5.28. The maximum Gasteiger partial charge on any atom is 0.167 e. The van der Waals surface area contributed by atoms with Crippen LogP contribution in [0.1, 0.15) is 27.0 Å². The van der Waals surface area contributed by atoms with Crippen molar-refractivity contribution in [1.82, 2.24) is 0 Å². The van der Waals surface area contributed by atoms with Crippen LogP contribution in [-0.4, -0.2) is 5.78 Å². The summed E-state index contributed by atoms with van der Waals surface area (Å²) in [5.41, 5.74) is 3.98. The summed E-state index contributed by atoms with van der Waals surface area (Å²) in [6.45, 7) is 0. The normalized spacial score (nSPS) is 13.5. The highest BCUT2D eigenvalue weighted by Gasteiger charge is 2.14. The van der Waals surface area contributed by atoms with E-state index in [2.05, 4.69) is 22.0 Å². The Hall–Kier alpha value is -1.67. The molecule has 88 valence electrons. The molecule has 0 fully saturated rings. The van der Waals surface area contributed by atoms with Gasteiger partial charge >= 0.3 is 0 Å². The molecule has 0 saturated heterocycles. The monoisotopic (exact) mass is 298 g/mol. The number of rotatable bonds is 0. The summed E-state index contributed by atoms with van der Waals surface area (Å²) in [7, 11) is 0. The number of carbonyl (C=O) groups excluding carboxylic acids is 1. The smallest absolute Gasteiger partial charge is 0.167 e. The Labute approximate surface area is 114 Å². The summed E-state index contributed by atoms with van der Waals surface area (Å²) in [5, 5.41) is 0. The van der Waals surface area contributed by atoms with Gasteiger partial charge in [-0.25, -0.2) is 0 Å². The molecule has 2 aromatic carbocycles. The Bertz CT molecular complexity index is 656. The maximum absolute atomic E-state index is 12.3. The van der Waals surface area contributed by atoms with Gasteiger partial charge in [0, 0.05) is 16.5 Å². The fraction of sp³-hybridized carbons (Fsp3) is 0.0625. The molecular formula is C16H11BrO. The van der Waals surface area contributed by atoms with E-state index in [0.29, 0.717) is 6.42 Å². The summed E-state index contributed by atoms with van der Waals surface area (Å²) in [5.74, 6) is 0.175. The molecule has 0 atom stereocenters. The van der Waals surface area contributed by atoms with E-state index in [1.807, 2.05) is 48.5 Å². The van der Waals surface area contributed by atoms with Crippen LogP contribution in [0.3, 0.4) is 0 Å². The van der Waals surface area contributed by atoms with Crippen molar-refractivity contribution in [2.45, 2.75) is 6.42 Å². The van der Waals surface area contributed by atoms with Crippen LogP contribution in [0.25, 0.3) is 12.2 Å². The molecule has 0 radical (unpaired) electrons. The fourth-order valence-electron chi connectivity index (χ4n) is 2.23. The van der Waals surface area contributed by atoms with Crippen molar-refractivity contribution in [2.24, 2.45) is 0 Å². The lowest BCUT2D eigenvalue weighted by Gasteiger charge is -2.12. The molecule has 0 N–H and O–H groups in total. The molecule has 2 aromatic rings. The number of benzene rings is 2. The first-order chi connectivity index (χ1) is 8.74. The number of carbonyl (C=O) groups is 1. The van der Waals surface area contributed by atoms with E-state index >= 15 is 0 Å². The number of halogens is 1. The third-order valence-electron chi connectivity index (χ3n) is 3.16. The molecule has 3 rings (SSSR count). The van der Waals surface area contributed by atoms with Gasteiger partial charge in [0.2, 0.25) is 0 Å². The predicted molar refractivity (Wildman–Crippen MR) is 77.5 cm³/mol. The van der Waals surface area contributed by atoms with Gasteiger partial charge in [-0.1, -0.05) is 58.4 Å². The highest BCUT2D eigenvalue weighted by molar-refractivity contribution is 9.10. The van der Waals surface area contributed by atoms with Gasteiger partial charge in [0.25, 0.3) is 0 Å². The SMILES string of the molecule is O=C1Cc2cc(Br)ccc2C=Cc2ccccc21. The molecule has 18 heavy (non-hydrogen) atoms. The van der Waals surface area contributed by atoms with Crippen LogP contribution < -0.4 is 0 Å². The van der Waals surface area contributed by atoms with Gasteiger partial charge < -0.3 is 0 Å². The summed E-state index contributed by atoms with van der Waals surface area (Å²) < 4.78 is 1.01. The van der Waals surface area contributed by atoms with Gasteiger partial charge in [0.05, 0.1) is 0 Å². The Kier molecular flexibility index (Phi) is 2.88. The highest BCUT2D eigenvalue weighted by Crippen LogP contribution is 2.24. The molecule has 0 bridgehead atoms. The molecule has 0 aliphatic heterocycles. The average molecular weight is 299 g/mol. The molecule has 0 spiro atoms. The Morgan fingerprint density at radius 2 is 1.72 bits per heavy atom. The molecule has 1 aliphatic carbocycles. The van der Waals surface area contributed by atoms with Crippen LogP contribution in [0.4, 0.5) is 0 Å². The third-order valence-corrected chi connectivity index (χ3v) is 3.65. The van der Waals surface area contributed by atoms with E-state index in [1.54, 1.807) is 0 Å². The van der Waals surface area contributed by atoms with Crippen LogP contribution in [0, 0.1) is 0 Å². The van der Waals surface area contributed by atoms with E-state index < -0.39 is 0 Å². The van der Waals surface area contributed by atoms with Crippen LogP contribution in [0.5, 0.6) is 0 Å². The minimum absolute atomic E-state index is 0.175. The van der Waals surface area contributed by atoms with E-state index in [-0.39, 0.29) is 5.78 Å². The zero-order valence-corrected chi connectivity index (χ0v) is 11.3. The summed E-state index contributed by atoms with van der Waals surface area (Å²) in [6.07, 6.45) is 4.54. The van der Waals surface area contributed by atoms with Crippen molar-refractivity contribution in [3.05, 3.63) is 69.2 Å². The third kappa shape index (κ3) is 2.04. The first kappa shape index (κ1) is 11.4. The average Bonchev–Trinajstić information content (AvgIpc) is 2.36. The van der Waals surface area contributed by atoms with E-state index in [9.17, 15) is 4.79 Å². The van der Waals surface area contributed by atoms with Crippen LogP contribution >= 0.6 is 15.9 Å². The molecule has 1 aliphatic rings. The summed E-state index contributed by atoms with van der Waals surface area (Å²) in [6, 6.07) is 13.8. The lowest BCUT2D eigenvalue weighted by Crippen LogP contribution is -2.08. The topological polar surface area (TPSA) is 17.1 Å². The van der Waals surface area contributed by atoms with E-state index in [4.69, 9.17) is 0 Å². The largest absolute Gasteiger partial charge is 0.294 e. The van der Waals surface area contributed by atoms with Crippen molar-refractivity contribution in [2.75, 3.05) is 0 Å². The highest BCUT2D eigenvalue weighted by atomic mass is 79.9. The van der Waals surface area contributed by atoms with Gasteiger partial charge in [-0.2, -0.15) is 0 Å². The van der Waals surface area contributed by atoms with E-state index in [0.717, 1.165) is 26.7 Å². The number of fused-ring (bicyclic) bond motifs is 2. The lowest BCUT2D eigenvalue weighted by molar-refractivity contribution is 0.0992. The lowest BCUT2D eigenvalue weighted by atomic mass is 9.92. The van der Waals surface area contributed by atoms with Gasteiger partial charge in [0.15, 0.2) is 5.78 Å². The fourth-order valence-corrected chi connectivity index (χ4v) is 2.64. The van der Waals surface area contributed by atoms with Crippen molar-refractivity contribution in [3.8, 4) is 0 Å². The standard InChI is InChI=1S/C16H11BrO/c17-14-8-7-11-5-6-12-3-1-2-4-15(12)16(18)10-13(11)9-14/h1-9H,10H2. The van der Waals surface area contributed by atoms with Crippen molar-refractivity contribution in [1.29, 1.82) is 0 Å². The zero-order chi connectivity index (χ0) is 12.5. The first-order valence-corrected chi connectivity index (χ1v) is 6.62. The second kappa shape index (κ2) is 4.54. The summed E-state index contributed by atoms with van der Waals surface area (Å²) >= 11 is 3.45. The maximum atomic E-state index is 12.3. The zero-order valence-electron chi connectivity index (χ0n) is 9.69. The number of ketones is 1. The van der Waals surface area contributed by atoms with Crippen LogP contribution in [0.2, 0.25) is 0 Å². The minimum Gasteiger partial charge on any atom is -0.294 e. The Morgan fingerprint density at radius 3 is 2.61 bits per heavy atom. The Morgan fingerprint density at radius 1 is 0.944 bits per heavy atom. The molecule has 0 unspecified atom stereocenters. The molecule has 2 heteroatoms. The van der Waals surface area contributed by atoms with Crippen molar-refractivity contribution in [3.63, 3.8) is 0 Å². The predicted octanol–water partition coefficient (Wildman–Crippen LogP) is 4.36.